The summed E-state index contributed by atoms with van der Waals surface area (Å²) in [5.41, 5.74) is 1.51. The van der Waals surface area contributed by atoms with Gasteiger partial charge in [-0.3, -0.25) is 0 Å². The maximum atomic E-state index is 9.04. The van der Waals surface area contributed by atoms with Crippen molar-refractivity contribution in [2.24, 2.45) is 0 Å². The van der Waals surface area contributed by atoms with Gasteiger partial charge in [0.15, 0.2) is 0 Å². The molecule has 0 spiro atoms. The summed E-state index contributed by atoms with van der Waals surface area (Å²) in [4.78, 5) is 4.50. The van der Waals surface area contributed by atoms with E-state index in [1.165, 1.54) is 0 Å². The van der Waals surface area contributed by atoms with Crippen LogP contribution in [0.2, 0.25) is 0 Å². The normalized spacial score (nSPS) is 10.8. The predicted octanol–water partition coefficient (Wildman–Crippen LogP) is 1.74. The third kappa shape index (κ3) is 1.79. The second kappa shape index (κ2) is 4.29. The van der Waals surface area contributed by atoms with Gasteiger partial charge in [0.05, 0.1) is 11.0 Å². The number of hydrogen-bond donors (Lipinski definition) is 2. The predicted molar refractivity (Wildman–Crippen MR) is 70.1 cm³/mol. The third-order valence-electron chi connectivity index (χ3n) is 2.76. The Kier molecular flexibility index (Phi) is 2.62. The second-order valence-corrected chi connectivity index (χ2v) is 3.92. The standard InChI is InChI=1S/C13H10BNO3/c16-14(17)18-13-9-5-1-3-7-11(9)15-12-8-4-2-6-10(12)13/h1-8,16-17H. The van der Waals surface area contributed by atoms with Crippen LogP contribution in [-0.4, -0.2) is 22.4 Å². The van der Waals surface area contributed by atoms with E-state index in [1.54, 1.807) is 0 Å². The molecule has 1 aromatic heterocycles. The zero-order valence-corrected chi connectivity index (χ0v) is 9.45. The molecule has 0 unspecified atom stereocenters. The van der Waals surface area contributed by atoms with Gasteiger partial charge in [0.1, 0.15) is 5.75 Å². The Labute approximate surface area is 104 Å². The monoisotopic (exact) mass is 239 g/mol. The second-order valence-electron chi connectivity index (χ2n) is 3.92. The van der Waals surface area contributed by atoms with E-state index in [0.29, 0.717) is 5.75 Å². The molecule has 3 rings (SSSR count). The largest absolute Gasteiger partial charge is 0.707 e. The number of fused-ring (bicyclic) bond motifs is 2. The van der Waals surface area contributed by atoms with E-state index in [2.05, 4.69) is 4.98 Å². The van der Waals surface area contributed by atoms with Crippen molar-refractivity contribution in [3.63, 3.8) is 0 Å². The number of rotatable bonds is 2. The van der Waals surface area contributed by atoms with Crippen LogP contribution in [0.1, 0.15) is 0 Å². The van der Waals surface area contributed by atoms with Crippen LogP contribution in [0.3, 0.4) is 0 Å². The quantitative estimate of drug-likeness (QED) is 0.528. The van der Waals surface area contributed by atoms with Crippen LogP contribution >= 0.6 is 0 Å². The van der Waals surface area contributed by atoms with Crippen molar-refractivity contribution in [2.45, 2.75) is 0 Å². The van der Waals surface area contributed by atoms with E-state index in [1.807, 2.05) is 48.5 Å². The molecule has 2 N–H and O–H groups in total. The summed E-state index contributed by atoms with van der Waals surface area (Å²) in [5, 5.41) is 19.6. The highest BCUT2D eigenvalue weighted by Crippen LogP contribution is 2.32. The van der Waals surface area contributed by atoms with Gasteiger partial charge < -0.3 is 14.7 Å². The van der Waals surface area contributed by atoms with E-state index in [4.69, 9.17) is 14.7 Å². The van der Waals surface area contributed by atoms with Crippen molar-refractivity contribution in [3.05, 3.63) is 48.5 Å². The lowest BCUT2D eigenvalue weighted by Crippen LogP contribution is -2.21. The van der Waals surface area contributed by atoms with Gasteiger partial charge in [-0.2, -0.15) is 0 Å². The van der Waals surface area contributed by atoms with Crippen molar-refractivity contribution in [1.29, 1.82) is 0 Å². The molecule has 1 heterocycles. The van der Waals surface area contributed by atoms with E-state index in [9.17, 15) is 0 Å². The molecule has 4 nitrogen and oxygen atoms in total. The smallest absolute Gasteiger partial charge is 0.511 e. The number of nitrogens with zero attached hydrogens (tertiary/aromatic N) is 1. The first kappa shape index (κ1) is 11.0. The molecule has 0 fully saturated rings. The van der Waals surface area contributed by atoms with E-state index in [0.717, 1.165) is 21.8 Å². The molecule has 0 aliphatic heterocycles. The molecule has 0 saturated carbocycles. The van der Waals surface area contributed by atoms with Crippen LogP contribution < -0.4 is 4.65 Å². The minimum absolute atomic E-state index is 0.436. The fraction of sp³-hybridized carbons (Fsp3) is 0. The Morgan fingerprint density at radius 3 is 1.83 bits per heavy atom. The Balaban J connectivity index is 2.41. The molecule has 0 bridgehead atoms. The number of para-hydroxylation sites is 2. The topological polar surface area (TPSA) is 62.6 Å². The summed E-state index contributed by atoms with van der Waals surface area (Å²) in [5.74, 6) is 0.436. The summed E-state index contributed by atoms with van der Waals surface area (Å²) in [6.07, 6.45) is 0. The molecule has 0 saturated heterocycles. The van der Waals surface area contributed by atoms with Crippen LogP contribution in [0.4, 0.5) is 0 Å². The highest BCUT2D eigenvalue weighted by Gasteiger charge is 2.16. The van der Waals surface area contributed by atoms with E-state index < -0.39 is 7.32 Å². The van der Waals surface area contributed by atoms with Crippen molar-refractivity contribution in [2.75, 3.05) is 0 Å². The zero-order chi connectivity index (χ0) is 12.5. The van der Waals surface area contributed by atoms with Crippen LogP contribution in [0.5, 0.6) is 5.75 Å². The molecule has 2 aromatic carbocycles. The number of aromatic nitrogens is 1. The van der Waals surface area contributed by atoms with Gasteiger partial charge in [-0.25, -0.2) is 4.98 Å². The van der Waals surface area contributed by atoms with Gasteiger partial charge >= 0.3 is 7.32 Å². The molecule has 0 radical (unpaired) electrons. The molecule has 88 valence electrons. The molecular formula is C13H10BNO3. The first-order valence-corrected chi connectivity index (χ1v) is 5.56. The van der Waals surface area contributed by atoms with Crippen molar-refractivity contribution >= 4 is 29.1 Å². The maximum Gasteiger partial charge on any atom is 0.707 e. The number of benzene rings is 2. The molecular weight excluding hydrogens is 229 g/mol. The Hall–Kier alpha value is -2.11. The van der Waals surface area contributed by atoms with E-state index in [-0.39, 0.29) is 0 Å². The van der Waals surface area contributed by atoms with Crippen molar-refractivity contribution < 1.29 is 14.7 Å². The van der Waals surface area contributed by atoms with Gasteiger partial charge in [-0.05, 0) is 24.3 Å². The van der Waals surface area contributed by atoms with Crippen LogP contribution in [-0.2, 0) is 0 Å². The van der Waals surface area contributed by atoms with Crippen LogP contribution in [0.25, 0.3) is 21.8 Å². The Bertz CT molecular complexity index is 661. The minimum Gasteiger partial charge on any atom is -0.511 e. The highest BCUT2D eigenvalue weighted by molar-refractivity contribution is 6.34. The van der Waals surface area contributed by atoms with E-state index >= 15 is 0 Å². The maximum absolute atomic E-state index is 9.04. The molecule has 5 heteroatoms. The molecule has 0 aliphatic rings. The minimum atomic E-state index is -1.85. The van der Waals surface area contributed by atoms with Crippen molar-refractivity contribution in [1.82, 2.24) is 4.98 Å². The lowest BCUT2D eigenvalue weighted by Gasteiger charge is -2.11. The summed E-state index contributed by atoms with van der Waals surface area (Å²) >= 11 is 0. The molecule has 18 heavy (non-hydrogen) atoms. The number of hydrogen-bond acceptors (Lipinski definition) is 4. The van der Waals surface area contributed by atoms with Crippen LogP contribution in [0.15, 0.2) is 48.5 Å². The first-order chi connectivity index (χ1) is 8.75. The van der Waals surface area contributed by atoms with Crippen LogP contribution in [0, 0.1) is 0 Å². The first-order valence-electron chi connectivity index (χ1n) is 5.56. The fourth-order valence-corrected chi connectivity index (χ4v) is 2.03. The van der Waals surface area contributed by atoms with Crippen molar-refractivity contribution in [3.8, 4) is 5.75 Å². The van der Waals surface area contributed by atoms with Gasteiger partial charge in [0.25, 0.3) is 0 Å². The summed E-state index contributed by atoms with van der Waals surface area (Å²) < 4.78 is 5.11. The van der Waals surface area contributed by atoms with Gasteiger partial charge in [-0.15, -0.1) is 0 Å². The summed E-state index contributed by atoms with van der Waals surface area (Å²) in [6.45, 7) is 0. The number of pyridine rings is 1. The lowest BCUT2D eigenvalue weighted by atomic mass is 10.1. The van der Waals surface area contributed by atoms with Gasteiger partial charge in [0, 0.05) is 10.8 Å². The van der Waals surface area contributed by atoms with Gasteiger partial charge in [-0.1, -0.05) is 24.3 Å². The van der Waals surface area contributed by atoms with Gasteiger partial charge in [0.2, 0.25) is 0 Å². The average Bonchev–Trinajstić information content (AvgIpc) is 2.38. The SMILES string of the molecule is OB(O)Oc1c2ccccc2nc2ccccc12. The average molecular weight is 239 g/mol. The molecule has 0 amide bonds. The highest BCUT2D eigenvalue weighted by atomic mass is 16.6. The zero-order valence-electron chi connectivity index (χ0n) is 9.45. The fourth-order valence-electron chi connectivity index (χ4n) is 2.03. The molecule has 0 atom stereocenters. The summed E-state index contributed by atoms with van der Waals surface area (Å²) in [6, 6.07) is 14.9. The Morgan fingerprint density at radius 1 is 0.833 bits per heavy atom. The summed E-state index contributed by atoms with van der Waals surface area (Å²) in [7, 11) is -1.85. The molecule has 3 aromatic rings. The third-order valence-corrected chi connectivity index (χ3v) is 2.76. The molecule has 0 aliphatic carbocycles. The lowest BCUT2D eigenvalue weighted by molar-refractivity contribution is 0.291. The Morgan fingerprint density at radius 2 is 1.33 bits per heavy atom.